The van der Waals surface area contributed by atoms with Gasteiger partial charge >= 0.3 is 5.97 Å². The summed E-state index contributed by atoms with van der Waals surface area (Å²) < 4.78 is 11.4. The third kappa shape index (κ3) is 3.17. The number of hydrogen-bond donors (Lipinski definition) is 1. The molecule has 1 aliphatic carbocycles. The molecule has 2 heterocycles. The number of ether oxygens (including phenoxy) is 2. The average molecular weight is 326 g/mol. The van der Waals surface area contributed by atoms with Crippen LogP contribution >= 0.6 is 11.3 Å². The minimum Gasteiger partial charge on any atom is -0.480 e. The highest BCUT2D eigenvalue weighted by atomic mass is 32.1. The molecule has 1 aliphatic heterocycles. The summed E-state index contributed by atoms with van der Waals surface area (Å²) in [5.41, 5.74) is 1.75. The molecule has 2 aliphatic rings. The van der Waals surface area contributed by atoms with Crippen LogP contribution in [0.1, 0.15) is 30.6 Å². The van der Waals surface area contributed by atoms with Gasteiger partial charge in [0.05, 0.1) is 17.2 Å². The van der Waals surface area contributed by atoms with Crippen molar-refractivity contribution in [3.63, 3.8) is 0 Å². The van der Waals surface area contributed by atoms with Gasteiger partial charge in [-0.15, -0.1) is 11.3 Å². The molecule has 7 heteroatoms. The van der Waals surface area contributed by atoms with Crippen molar-refractivity contribution in [2.24, 2.45) is 0 Å². The molecular formula is C15H22N2O4S. The van der Waals surface area contributed by atoms with Crippen LogP contribution in [0.25, 0.3) is 0 Å². The molecule has 22 heavy (non-hydrogen) atoms. The van der Waals surface area contributed by atoms with E-state index < -0.39 is 5.97 Å². The second-order valence-electron chi connectivity index (χ2n) is 6.07. The van der Waals surface area contributed by atoms with E-state index in [9.17, 15) is 4.79 Å². The number of aromatic nitrogens is 1. The van der Waals surface area contributed by atoms with Crippen LogP contribution in [0.4, 0.5) is 0 Å². The maximum absolute atomic E-state index is 10.7. The molecule has 0 spiro atoms. The van der Waals surface area contributed by atoms with Gasteiger partial charge in [0.15, 0.2) is 0 Å². The number of aliphatic carboxylic acids is 1. The summed E-state index contributed by atoms with van der Waals surface area (Å²) in [5.74, 6) is -0.906. The van der Waals surface area contributed by atoms with Crippen molar-refractivity contribution in [2.75, 3.05) is 20.3 Å². The van der Waals surface area contributed by atoms with Gasteiger partial charge in [-0.1, -0.05) is 0 Å². The van der Waals surface area contributed by atoms with Gasteiger partial charge in [-0.3, -0.25) is 9.88 Å². The summed E-state index contributed by atoms with van der Waals surface area (Å²) in [6, 6.07) is 0.284. The van der Waals surface area contributed by atoms with Crippen LogP contribution in [0.15, 0.2) is 11.7 Å². The fourth-order valence-corrected chi connectivity index (χ4v) is 4.43. The van der Waals surface area contributed by atoms with Gasteiger partial charge in [0.1, 0.15) is 6.61 Å². The van der Waals surface area contributed by atoms with E-state index in [1.807, 2.05) is 11.7 Å². The van der Waals surface area contributed by atoms with E-state index in [0.717, 1.165) is 38.8 Å². The third-order valence-electron chi connectivity index (χ3n) is 4.94. The average Bonchev–Trinajstić information content (AvgIpc) is 3.14. The minimum absolute atomic E-state index is 0.00596. The third-order valence-corrected chi connectivity index (χ3v) is 5.70. The number of rotatable bonds is 6. The smallest absolute Gasteiger partial charge is 0.329 e. The van der Waals surface area contributed by atoms with E-state index >= 15 is 0 Å². The molecule has 0 aromatic carbocycles. The summed E-state index contributed by atoms with van der Waals surface area (Å²) in [4.78, 5) is 18.5. The Kier molecular flexibility index (Phi) is 4.77. The lowest BCUT2D eigenvalue weighted by molar-refractivity contribution is -0.148. The van der Waals surface area contributed by atoms with Crippen LogP contribution in [0.2, 0.25) is 0 Å². The van der Waals surface area contributed by atoms with Gasteiger partial charge in [-0.05, 0) is 25.7 Å². The number of methoxy groups -OCH3 is 1. The SMILES string of the molecule is CO[C@@]12CC[C@@H](OCC(=O)O)C[C@@H]1N(Cc1cncs1)CC2. The Morgan fingerprint density at radius 1 is 1.59 bits per heavy atom. The molecule has 3 atom stereocenters. The fraction of sp³-hybridized carbons (Fsp3) is 0.733. The summed E-state index contributed by atoms with van der Waals surface area (Å²) in [6.07, 6.45) is 5.58. The van der Waals surface area contributed by atoms with Gasteiger partial charge in [-0.25, -0.2) is 4.79 Å². The predicted octanol–water partition coefficient (Wildman–Crippen LogP) is 1.76. The van der Waals surface area contributed by atoms with E-state index in [1.165, 1.54) is 4.88 Å². The van der Waals surface area contributed by atoms with E-state index in [2.05, 4.69) is 9.88 Å². The van der Waals surface area contributed by atoms with Crippen LogP contribution in [-0.2, 0) is 20.8 Å². The quantitative estimate of drug-likeness (QED) is 0.859. The van der Waals surface area contributed by atoms with E-state index in [1.54, 1.807) is 18.4 Å². The van der Waals surface area contributed by atoms with Gasteiger partial charge in [0.2, 0.25) is 0 Å². The lowest BCUT2D eigenvalue weighted by atomic mass is 9.79. The van der Waals surface area contributed by atoms with Gasteiger partial charge < -0.3 is 14.6 Å². The Balaban J connectivity index is 1.68. The maximum atomic E-state index is 10.7. The van der Waals surface area contributed by atoms with E-state index in [-0.39, 0.29) is 24.4 Å². The molecule has 0 bridgehead atoms. The first-order chi connectivity index (χ1) is 10.6. The van der Waals surface area contributed by atoms with Crippen molar-refractivity contribution in [1.82, 2.24) is 9.88 Å². The van der Waals surface area contributed by atoms with Gasteiger partial charge in [0.25, 0.3) is 0 Å². The number of fused-ring (bicyclic) bond motifs is 1. The van der Waals surface area contributed by atoms with Crippen LogP contribution in [0, 0.1) is 0 Å². The number of hydrogen-bond acceptors (Lipinski definition) is 6. The Hall–Kier alpha value is -1.02. The van der Waals surface area contributed by atoms with Gasteiger partial charge in [-0.2, -0.15) is 0 Å². The molecule has 1 aromatic rings. The highest BCUT2D eigenvalue weighted by molar-refractivity contribution is 7.09. The van der Waals surface area contributed by atoms with Crippen molar-refractivity contribution in [3.8, 4) is 0 Å². The van der Waals surface area contributed by atoms with Crippen LogP contribution in [0.5, 0.6) is 0 Å². The van der Waals surface area contributed by atoms with Crippen molar-refractivity contribution >= 4 is 17.3 Å². The topological polar surface area (TPSA) is 71.9 Å². The standard InChI is InChI=1S/C15H22N2O4S/c1-20-15-3-2-11(21-9-14(18)19)6-13(15)17(5-4-15)8-12-7-16-10-22-12/h7,10-11,13H,2-6,8-9H2,1H3,(H,18,19)/t11-,13+,15-/m1/s1. The first-order valence-electron chi connectivity index (χ1n) is 7.63. The number of thiazole rings is 1. The molecule has 1 aromatic heterocycles. The molecule has 0 amide bonds. The minimum atomic E-state index is -0.906. The summed E-state index contributed by atoms with van der Waals surface area (Å²) >= 11 is 1.67. The first-order valence-corrected chi connectivity index (χ1v) is 8.51. The molecule has 6 nitrogen and oxygen atoms in total. The highest BCUT2D eigenvalue weighted by Gasteiger charge is 2.51. The van der Waals surface area contributed by atoms with Crippen molar-refractivity contribution in [1.29, 1.82) is 0 Å². The zero-order valence-corrected chi connectivity index (χ0v) is 13.6. The Morgan fingerprint density at radius 3 is 3.14 bits per heavy atom. The van der Waals surface area contributed by atoms with Crippen LogP contribution < -0.4 is 0 Å². The number of carboxylic acids is 1. The van der Waals surface area contributed by atoms with Crippen LogP contribution in [-0.4, -0.2) is 59.0 Å². The molecule has 0 radical (unpaired) electrons. The molecule has 3 rings (SSSR count). The summed E-state index contributed by atoms with van der Waals surface area (Å²) in [7, 11) is 1.79. The number of carbonyl (C=O) groups is 1. The largest absolute Gasteiger partial charge is 0.480 e. The fourth-order valence-electron chi connectivity index (χ4n) is 3.81. The van der Waals surface area contributed by atoms with E-state index in [0.29, 0.717) is 0 Å². The Labute approximate surface area is 134 Å². The van der Waals surface area contributed by atoms with E-state index in [4.69, 9.17) is 14.6 Å². The highest BCUT2D eigenvalue weighted by Crippen LogP contribution is 2.43. The van der Waals surface area contributed by atoms with Crippen molar-refractivity contribution in [2.45, 2.75) is 50.0 Å². The molecule has 122 valence electrons. The number of carboxylic acid groups (broad SMARTS) is 1. The predicted molar refractivity (Wildman–Crippen MR) is 81.9 cm³/mol. The Bertz CT molecular complexity index is 510. The number of likely N-dealkylation sites (tertiary alicyclic amines) is 1. The monoisotopic (exact) mass is 326 g/mol. The molecule has 1 saturated carbocycles. The van der Waals surface area contributed by atoms with Crippen molar-refractivity contribution < 1.29 is 19.4 Å². The number of nitrogens with zero attached hydrogens (tertiary/aromatic N) is 2. The molecule has 1 saturated heterocycles. The zero-order chi connectivity index (χ0) is 15.6. The first kappa shape index (κ1) is 15.9. The summed E-state index contributed by atoms with van der Waals surface area (Å²) in [5, 5.41) is 8.79. The molecular weight excluding hydrogens is 304 g/mol. The molecule has 2 fully saturated rings. The molecule has 0 unspecified atom stereocenters. The molecule has 1 N–H and O–H groups in total. The second kappa shape index (κ2) is 6.62. The lowest BCUT2D eigenvalue weighted by Crippen LogP contribution is -2.51. The Morgan fingerprint density at radius 2 is 2.45 bits per heavy atom. The maximum Gasteiger partial charge on any atom is 0.329 e. The zero-order valence-electron chi connectivity index (χ0n) is 12.7. The van der Waals surface area contributed by atoms with Crippen LogP contribution in [0.3, 0.4) is 0 Å². The summed E-state index contributed by atoms with van der Waals surface area (Å²) in [6.45, 7) is 1.67. The normalized spacial score (nSPS) is 32.0. The van der Waals surface area contributed by atoms with Gasteiger partial charge in [0, 0.05) is 37.3 Å². The lowest BCUT2D eigenvalue weighted by Gasteiger charge is -2.43. The van der Waals surface area contributed by atoms with Crippen molar-refractivity contribution in [3.05, 3.63) is 16.6 Å². The second-order valence-corrected chi connectivity index (χ2v) is 7.04.